The first-order valence-corrected chi connectivity index (χ1v) is 10.7. The highest BCUT2D eigenvalue weighted by atomic mass is 32.1. The molecule has 1 saturated heterocycles. The third kappa shape index (κ3) is 3.85. The lowest BCUT2D eigenvalue weighted by Crippen LogP contribution is -2.47. The number of carbonyl (C=O) groups excluding carboxylic acids is 1. The van der Waals surface area contributed by atoms with Gasteiger partial charge in [-0.25, -0.2) is 9.78 Å². The number of amides is 1. The maximum Gasteiger partial charge on any atom is 0.409 e. The van der Waals surface area contributed by atoms with Crippen molar-refractivity contribution in [2.75, 3.05) is 26.2 Å². The molecule has 7 nitrogen and oxygen atoms in total. The lowest BCUT2D eigenvalue weighted by Gasteiger charge is -2.37. The van der Waals surface area contributed by atoms with E-state index in [-0.39, 0.29) is 17.9 Å². The van der Waals surface area contributed by atoms with E-state index in [1.54, 1.807) is 11.8 Å². The van der Waals surface area contributed by atoms with Crippen LogP contribution in [0.25, 0.3) is 16.8 Å². The summed E-state index contributed by atoms with van der Waals surface area (Å²) >= 11 is 1.44. The smallest absolute Gasteiger partial charge is 0.409 e. The van der Waals surface area contributed by atoms with E-state index in [0.29, 0.717) is 42.7 Å². The Morgan fingerprint density at radius 2 is 2.03 bits per heavy atom. The predicted molar refractivity (Wildman–Crippen MR) is 113 cm³/mol. The zero-order valence-electron chi connectivity index (χ0n) is 16.3. The van der Waals surface area contributed by atoms with Gasteiger partial charge in [0.15, 0.2) is 0 Å². The molecule has 2 aliphatic rings. The number of carbonyl (C=O) groups is 1. The summed E-state index contributed by atoms with van der Waals surface area (Å²) in [4.78, 5) is 20.2. The molecule has 1 aromatic carbocycles. The number of benzene rings is 1. The van der Waals surface area contributed by atoms with E-state index in [4.69, 9.17) is 10.1 Å². The second-order valence-corrected chi connectivity index (χ2v) is 7.98. The van der Waals surface area contributed by atoms with Crippen LogP contribution in [0.4, 0.5) is 4.79 Å². The molecule has 2 aliphatic heterocycles. The van der Waals surface area contributed by atoms with E-state index < -0.39 is 0 Å². The normalized spacial score (nSPS) is 17.9. The van der Waals surface area contributed by atoms with E-state index in [1.807, 2.05) is 40.6 Å². The summed E-state index contributed by atoms with van der Waals surface area (Å²) in [7, 11) is 0. The minimum Gasteiger partial charge on any atom is -0.510 e. The minimum absolute atomic E-state index is 0.112. The Bertz CT molecular complexity index is 932. The molecule has 0 spiro atoms. The van der Waals surface area contributed by atoms with Crippen LogP contribution in [0.5, 0.6) is 0 Å². The van der Waals surface area contributed by atoms with Crippen LogP contribution in [-0.4, -0.2) is 64.1 Å². The van der Waals surface area contributed by atoms with E-state index in [0.717, 1.165) is 24.1 Å². The topological polar surface area (TPSA) is 89.8 Å². The lowest BCUT2D eigenvalue weighted by molar-refractivity contribution is 0.0876. The lowest BCUT2D eigenvalue weighted by atomic mass is 10.0. The van der Waals surface area contributed by atoms with Crippen molar-refractivity contribution in [1.82, 2.24) is 14.8 Å². The summed E-state index contributed by atoms with van der Waals surface area (Å²) < 4.78 is 5.07. The first kappa shape index (κ1) is 19.4. The zero-order valence-corrected chi connectivity index (χ0v) is 17.1. The van der Waals surface area contributed by atoms with Crippen LogP contribution >= 0.6 is 11.3 Å². The van der Waals surface area contributed by atoms with Crippen LogP contribution < -0.4 is 0 Å². The molecular formula is C21H24N4O3S. The Morgan fingerprint density at radius 1 is 1.31 bits per heavy atom. The number of thiazole rings is 1. The Hall–Kier alpha value is -2.87. The summed E-state index contributed by atoms with van der Waals surface area (Å²) in [5.74, 6) is 0.503. The fourth-order valence-corrected chi connectivity index (χ4v) is 4.74. The van der Waals surface area contributed by atoms with Crippen molar-refractivity contribution >= 4 is 28.8 Å². The number of piperidine rings is 1. The number of rotatable bonds is 4. The van der Waals surface area contributed by atoms with E-state index in [9.17, 15) is 9.90 Å². The molecule has 29 heavy (non-hydrogen) atoms. The quantitative estimate of drug-likeness (QED) is 0.792. The highest BCUT2D eigenvalue weighted by Gasteiger charge is 2.36. The summed E-state index contributed by atoms with van der Waals surface area (Å²) in [5, 5.41) is 21.9. The molecule has 3 heterocycles. The third-order valence-electron chi connectivity index (χ3n) is 5.35. The first-order valence-electron chi connectivity index (χ1n) is 9.79. The highest BCUT2D eigenvalue weighted by molar-refractivity contribution is 7.11. The van der Waals surface area contributed by atoms with Gasteiger partial charge in [0.1, 0.15) is 16.6 Å². The van der Waals surface area contributed by atoms with Gasteiger partial charge in [0.25, 0.3) is 0 Å². The second kappa shape index (κ2) is 8.24. The molecule has 0 unspecified atom stereocenters. The number of aliphatic hydroxyl groups excluding tert-OH is 1. The number of amidine groups is 1. The van der Waals surface area contributed by atoms with Gasteiger partial charge in [-0.15, -0.1) is 11.3 Å². The van der Waals surface area contributed by atoms with Crippen LogP contribution in [-0.2, 0) is 4.74 Å². The van der Waals surface area contributed by atoms with E-state index in [1.165, 1.54) is 11.3 Å². The number of nitrogens with one attached hydrogen (secondary N) is 1. The highest BCUT2D eigenvalue weighted by Crippen LogP contribution is 2.34. The van der Waals surface area contributed by atoms with Crippen LogP contribution in [0.1, 0.15) is 24.8 Å². The van der Waals surface area contributed by atoms with Crippen molar-refractivity contribution in [3.05, 3.63) is 46.5 Å². The van der Waals surface area contributed by atoms with Crippen LogP contribution in [0.15, 0.2) is 41.5 Å². The standard InChI is InChI=1S/C21H24N4O3S/c1-2-28-21(27)24-10-8-15(9-11-24)25-12-17(26)18(19(25)22)20-23-16(13-29-20)14-6-4-3-5-7-14/h3-7,13,15,22,26H,2,8-12H2,1H3. The molecule has 152 valence electrons. The van der Waals surface area contributed by atoms with Crippen molar-refractivity contribution in [2.24, 2.45) is 0 Å². The van der Waals surface area contributed by atoms with Crippen LogP contribution in [0.3, 0.4) is 0 Å². The molecule has 2 N–H and O–H groups in total. The van der Waals surface area contributed by atoms with E-state index in [2.05, 4.69) is 4.98 Å². The van der Waals surface area contributed by atoms with Crippen molar-refractivity contribution < 1.29 is 14.6 Å². The molecule has 2 aromatic rings. The monoisotopic (exact) mass is 412 g/mol. The van der Waals surface area contributed by atoms with Crippen LogP contribution in [0.2, 0.25) is 0 Å². The van der Waals surface area contributed by atoms with Crippen LogP contribution in [0, 0.1) is 5.41 Å². The first-order chi connectivity index (χ1) is 14.1. The summed E-state index contributed by atoms with van der Waals surface area (Å²) in [6.45, 7) is 3.68. The molecule has 0 radical (unpaired) electrons. The number of nitrogens with zero attached hydrogens (tertiary/aromatic N) is 3. The molecule has 0 bridgehead atoms. The van der Waals surface area contributed by atoms with Crippen molar-refractivity contribution in [3.8, 4) is 11.3 Å². The fourth-order valence-electron chi connectivity index (χ4n) is 3.84. The third-order valence-corrected chi connectivity index (χ3v) is 6.21. The molecule has 1 fully saturated rings. The summed E-state index contributed by atoms with van der Waals surface area (Å²) in [6.07, 6.45) is 1.21. The molecule has 4 rings (SSSR count). The van der Waals surface area contributed by atoms with Crippen molar-refractivity contribution in [3.63, 3.8) is 0 Å². The predicted octanol–water partition coefficient (Wildman–Crippen LogP) is 3.99. The minimum atomic E-state index is -0.277. The average molecular weight is 413 g/mol. The molecule has 0 aliphatic carbocycles. The van der Waals surface area contributed by atoms with Gasteiger partial charge in [-0.1, -0.05) is 30.3 Å². The van der Waals surface area contributed by atoms with Gasteiger partial charge < -0.3 is 19.6 Å². The number of hydrogen-bond donors (Lipinski definition) is 2. The average Bonchev–Trinajstić information content (AvgIpc) is 3.33. The zero-order chi connectivity index (χ0) is 20.4. The van der Waals surface area contributed by atoms with Gasteiger partial charge in [-0.05, 0) is 19.8 Å². The number of likely N-dealkylation sites (tertiary alicyclic amines) is 1. The molecular weight excluding hydrogens is 388 g/mol. The number of ether oxygens (including phenoxy) is 1. The van der Waals surface area contributed by atoms with Gasteiger partial charge in [0, 0.05) is 30.1 Å². The SMILES string of the molecule is CCOC(=O)N1CCC(N2CC(O)=C(c3nc(-c4ccccc4)cs3)C2=N)CC1. The maximum absolute atomic E-state index is 11.9. The fraction of sp³-hybridized carbons (Fsp3) is 0.381. The Balaban J connectivity index is 1.44. The Kier molecular flexibility index (Phi) is 5.53. The molecule has 0 atom stereocenters. The Morgan fingerprint density at radius 3 is 2.72 bits per heavy atom. The molecule has 0 saturated carbocycles. The van der Waals surface area contributed by atoms with Gasteiger partial charge in [0.05, 0.1) is 24.4 Å². The largest absolute Gasteiger partial charge is 0.510 e. The van der Waals surface area contributed by atoms with Gasteiger partial charge in [0.2, 0.25) is 0 Å². The molecule has 8 heteroatoms. The number of aromatic nitrogens is 1. The molecule has 1 aromatic heterocycles. The number of aliphatic hydroxyl groups is 1. The van der Waals surface area contributed by atoms with Crippen molar-refractivity contribution in [1.29, 1.82) is 5.41 Å². The Labute approximate surface area is 173 Å². The summed E-state index contributed by atoms with van der Waals surface area (Å²) in [6, 6.07) is 10.00. The maximum atomic E-state index is 11.9. The van der Waals surface area contributed by atoms with E-state index >= 15 is 0 Å². The van der Waals surface area contributed by atoms with Gasteiger partial charge in [-0.2, -0.15) is 0 Å². The van der Waals surface area contributed by atoms with Gasteiger partial charge >= 0.3 is 6.09 Å². The van der Waals surface area contributed by atoms with Crippen molar-refractivity contribution in [2.45, 2.75) is 25.8 Å². The molecule has 1 amide bonds. The number of hydrogen-bond acceptors (Lipinski definition) is 6. The summed E-state index contributed by atoms with van der Waals surface area (Å²) in [5.41, 5.74) is 2.38. The second-order valence-electron chi connectivity index (χ2n) is 7.12. The van der Waals surface area contributed by atoms with Gasteiger partial charge in [-0.3, -0.25) is 5.41 Å².